The van der Waals surface area contributed by atoms with Crippen LogP contribution in [0.4, 0.5) is 17.1 Å². The highest BCUT2D eigenvalue weighted by atomic mass is 16.5. The molecular weight excluding hydrogens is 689 g/mol. The Morgan fingerprint density at radius 3 is 1.71 bits per heavy atom. The van der Waals surface area contributed by atoms with Gasteiger partial charge in [0.2, 0.25) is 0 Å². The zero-order valence-corrected chi connectivity index (χ0v) is 33.7. The molecule has 2 atom stereocenters. The molecule has 0 amide bonds. The third-order valence-electron chi connectivity index (χ3n) is 11.3. The standard InChI is InChI=1S/C51H52N2O3/c1-8-38(39-16-23-45(24-17-39)53(44-21-10-34(3)11-22-44)46-25-29-47(30-26-46)55-9-2)32-35(4)51(54)56-48-27-18-41(19-28-48)40-12-14-42(15-13-40)43-20-31-50-49(33-43)36(5)37(6)52(50)7/h10-31,33,35,38H,8-9,32H2,1-7H3. The van der Waals surface area contributed by atoms with E-state index in [0.29, 0.717) is 18.8 Å². The molecular formula is C51H52N2O3. The van der Waals surface area contributed by atoms with Crippen molar-refractivity contribution in [1.29, 1.82) is 0 Å². The molecule has 0 fully saturated rings. The average Bonchev–Trinajstić information content (AvgIpc) is 3.44. The molecule has 0 aliphatic rings. The predicted octanol–water partition coefficient (Wildman–Crippen LogP) is 13.4. The molecule has 7 aromatic rings. The third kappa shape index (κ3) is 8.13. The van der Waals surface area contributed by atoms with E-state index in [1.54, 1.807) is 0 Å². The second-order valence-corrected chi connectivity index (χ2v) is 15.0. The van der Waals surface area contributed by atoms with Gasteiger partial charge in [0.05, 0.1) is 12.5 Å². The number of ether oxygens (including phenoxy) is 2. The summed E-state index contributed by atoms with van der Waals surface area (Å²) in [6.07, 6.45) is 1.63. The molecule has 0 aliphatic heterocycles. The second-order valence-electron chi connectivity index (χ2n) is 15.0. The van der Waals surface area contributed by atoms with Crippen LogP contribution in [0.15, 0.2) is 140 Å². The first kappa shape index (κ1) is 38.2. The highest BCUT2D eigenvalue weighted by Gasteiger charge is 2.22. The van der Waals surface area contributed by atoms with Crippen molar-refractivity contribution >= 4 is 33.9 Å². The molecule has 0 saturated carbocycles. The summed E-state index contributed by atoms with van der Waals surface area (Å²) in [4.78, 5) is 15.6. The van der Waals surface area contributed by atoms with Crippen LogP contribution in [-0.4, -0.2) is 17.1 Å². The summed E-state index contributed by atoms with van der Waals surface area (Å²) >= 11 is 0. The van der Waals surface area contributed by atoms with Crippen molar-refractivity contribution < 1.29 is 14.3 Å². The van der Waals surface area contributed by atoms with E-state index >= 15 is 0 Å². The molecule has 0 N–H and O–H groups in total. The van der Waals surface area contributed by atoms with Gasteiger partial charge in [-0.3, -0.25) is 4.79 Å². The Bertz CT molecular complexity index is 2410. The average molecular weight is 741 g/mol. The number of hydrogen-bond donors (Lipinski definition) is 0. The molecule has 56 heavy (non-hydrogen) atoms. The summed E-state index contributed by atoms with van der Waals surface area (Å²) in [6, 6.07) is 48.8. The van der Waals surface area contributed by atoms with Crippen molar-refractivity contribution in [3.63, 3.8) is 0 Å². The van der Waals surface area contributed by atoms with Gasteiger partial charge in [-0.2, -0.15) is 0 Å². The fourth-order valence-corrected chi connectivity index (χ4v) is 7.68. The number of carbonyl (C=O) groups is 1. The molecule has 1 aromatic heterocycles. The Kier molecular flexibility index (Phi) is 11.4. The Balaban J connectivity index is 0.989. The lowest BCUT2D eigenvalue weighted by atomic mass is 9.87. The lowest BCUT2D eigenvalue weighted by Crippen LogP contribution is -2.20. The van der Waals surface area contributed by atoms with E-state index in [0.717, 1.165) is 40.4 Å². The van der Waals surface area contributed by atoms with Gasteiger partial charge < -0.3 is 18.9 Å². The Morgan fingerprint density at radius 2 is 1.14 bits per heavy atom. The molecule has 0 aliphatic carbocycles. The van der Waals surface area contributed by atoms with E-state index in [4.69, 9.17) is 9.47 Å². The monoisotopic (exact) mass is 740 g/mol. The SMILES string of the molecule is CCOc1ccc(N(c2ccc(C)cc2)c2ccc(C(CC)CC(C)C(=O)Oc3ccc(-c4ccc(-c5ccc6c(c5)c(C)c(C)n6C)cc4)cc3)cc2)cc1. The minimum atomic E-state index is -0.262. The lowest BCUT2D eigenvalue weighted by molar-refractivity contribution is -0.138. The number of nitrogens with zero attached hydrogens (tertiary/aromatic N) is 2. The Labute approximate surface area is 332 Å². The van der Waals surface area contributed by atoms with Gasteiger partial charge >= 0.3 is 5.97 Å². The molecule has 5 heteroatoms. The van der Waals surface area contributed by atoms with Gasteiger partial charge in [0, 0.05) is 40.7 Å². The van der Waals surface area contributed by atoms with E-state index in [1.807, 2.05) is 50.2 Å². The zero-order valence-electron chi connectivity index (χ0n) is 33.7. The highest BCUT2D eigenvalue weighted by Crippen LogP contribution is 2.38. The maximum Gasteiger partial charge on any atom is 0.314 e. The highest BCUT2D eigenvalue weighted by molar-refractivity contribution is 5.90. The van der Waals surface area contributed by atoms with Crippen molar-refractivity contribution in [3.05, 3.63) is 162 Å². The van der Waals surface area contributed by atoms with Gasteiger partial charge in [-0.1, -0.05) is 86.1 Å². The van der Waals surface area contributed by atoms with E-state index < -0.39 is 0 Å². The van der Waals surface area contributed by atoms with E-state index in [2.05, 4.69) is 147 Å². The molecule has 7 rings (SSSR count). The van der Waals surface area contributed by atoms with Crippen molar-refractivity contribution in [3.8, 4) is 33.8 Å². The molecule has 0 spiro atoms. The third-order valence-corrected chi connectivity index (χ3v) is 11.3. The number of carbonyl (C=O) groups excluding carboxylic acids is 1. The predicted molar refractivity (Wildman–Crippen MR) is 233 cm³/mol. The fraction of sp³-hybridized carbons (Fsp3) is 0.235. The number of rotatable bonds is 13. The van der Waals surface area contributed by atoms with Crippen LogP contribution in [0.3, 0.4) is 0 Å². The smallest absolute Gasteiger partial charge is 0.314 e. The van der Waals surface area contributed by atoms with Crippen LogP contribution in [0.25, 0.3) is 33.2 Å². The molecule has 0 radical (unpaired) electrons. The largest absolute Gasteiger partial charge is 0.494 e. The summed E-state index contributed by atoms with van der Waals surface area (Å²) in [7, 11) is 2.13. The van der Waals surface area contributed by atoms with Gasteiger partial charge in [0.1, 0.15) is 11.5 Å². The first-order valence-electron chi connectivity index (χ1n) is 19.8. The molecule has 5 nitrogen and oxygen atoms in total. The summed E-state index contributed by atoms with van der Waals surface area (Å²) < 4.78 is 13.9. The van der Waals surface area contributed by atoms with Crippen LogP contribution in [0.1, 0.15) is 61.9 Å². The first-order valence-corrected chi connectivity index (χ1v) is 19.8. The number of fused-ring (bicyclic) bond motifs is 1. The van der Waals surface area contributed by atoms with Gasteiger partial charge in [0.25, 0.3) is 0 Å². The van der Waals surface area contributed by atoms with Crippen LogP contribution >= 0.6 is 0 Å². The zero-order chi connectivity index (χ0) is 39.3. The van der Waals surface area contributed by atoms with E-state index in [-0.39, 0.29) is 17.8 Å². The minimum absolute atomic E-state index is 0.209. The minimum Gasteiger partial charge on any atom is -0.494 e. The summed E-state index contributed by atoms with van der Waals surface area (Å²) in [5.74, 6) is 1.17. The maximum atomic E-state index is 13.4. The van der Waals surface area contributed by atoms with Gasteiger partial charge in [-0.15, -0.1) is 0 Å². The van der Waals surface area contributed by atoms with Gasteiger partial charge in [-0.05, 0) is 153 Å². The quantitative estimate of drug-likeness (QED) is 0.0872. The van der Waals surface area contributed by atoms with Crippen molar-refractivity contribution in [1.82, 2.24) is 4.57 Å². The van der Waals surface area contributed by atoms with Crippen LogP contribution in [0.5, 0.6) is 11.5 Å². The second kappa shape index (κ2) is 16.7. The van der Waals surface area contributed by atoms with Crippen molar-refractivity contribution in [2.24, 2.45) is 13.0 Å². The number of hydrogen-bond acceptors (Lipinski definition) is 4. The first-order chi connectivity index (χ1) is 27.1. The summed E-state index contributed by atoms with van der Waals surface area (Å²) in [6.45, 7) is 13.3. The number of aryl methyl sites for hydroxylation is 3. The molecule has 284 valence electrons. The number of esters is 1. The topological polar surface area (TPSA) is 43.7 Å². The number of benzene rings is 6. The lowest BCUT2D eigenvalue weighted by Gasteiger charge is -2.27. The molecule has 2 unspecified atom stereocenters. The van der Waals surface area contributed by atoms with Crippen LogP contribution in [0, 0.1) is 26.7 Å². The molecule has 0 bridgehead atoms. The molecule has 0 saturated heterocycles. The van der Waals surface area contributed by atoms with Crippen molar-refractivity contribution in [2.45, 2.75) is 60.3 Å². The summed E-state index contributed by atoms with van der Waals surface area (Å²) in [5, 5.41) is 1.30. The number of aromatic nitrogens is 1. The molecule has 1 heterocycles. The number of anilines is 3. The van der Waals surface area contributed by atoms with Crippen LogP contribution < -0.4 is 14.4 Å². The van der Waals surface area contributed by atoms with Gasteiger partial charge in [-0.25, -0.2) is 0 Å². The normalized spacial score (nSPS) is 12.3. The van der Waals surface area contributed by atoms with Gasteiger partial charge in [0.15, 0.2) is 0 Å². The molecule has 6 aromatic carbocycles. The van der Waals surface area contributed by atoms with E-state index in [1.165, 1.54) is 44.4 Å². The van der Waals surface area contributed by atoms with Crippen LogP contribution in [0.2, 0.25) is 0 Å². The van der Waals surface area contributed by atoms with Crippen molar-refractivity contribution in [2.75, 3.05) is 11.5 Å². The Hall–Kier alpha value is -6.07. The summed E-state index contributed by atoms with van der Waals surface area (Å²) in [5.41, 5.74) is 14.1. The van der Waals surface area contributed by atoms with Crippen LogP contribution in [-0.2, 0) is 11.8 Å². The maximum absolute atomic E-state index is 13.4. The van der Waals surface area contributed by atoms with E-state index in [9.17, 15) is 4.79 Å². The fourth-order valence-electron chi connectivity index (χ4n) is 7.68. The Morgan fingerprint density at radius 1 is 0.643 bits per heavy atom.